The minimum Gasteiger partial charge on any atom is -0.123 e. The van der Waals surface area contributed by atoms with Crippen LogP contribution in [0.3, 0.4) is 0 Å². The molecule has 1 fully saturated rings. The van der Waals surface area contributed by atoms with Crippen molar-refractivity contribution in [1.29, 1.82) is 0 Å². The second-order valence-electron chi connectivity index (χ2n) is 2.90. The van der Waals surface area contributed by atoms with Gasteiger partial charge in [0.25, 0.3) is 0 Å². The number of halogens is 2. The SMILES string of the molecule is CC1CCC(I)CC1Cl. The summed E-state index contributed by atoms with van der Waals surface area (Å²) in [5, 5.41) is 0.445. The van der Waals surface area contributed by atoms with Crippen LogP contribution < -0.4 is 0 Å². The van der Waals surface area contributed by atoms with E-state index in [1.165, 1.54) is 19.3 Å². The molecule has 0 aromatic carbocycles. The quantitative estimate of drug-likeness (QED) is 0.462. The van der Waals surface area contributed by atoms with Crippen molar-refractivity contribution in [2.45, 2.75) is 35.5 Å². The van der Waals surface area contributed by atoms with E-state index in [4.69, 9.17) is 11.6 Å². The Hall–Kier alpha value is 1.02. The van der Waals surface area contributed by atoms with Gasteiger partial charge < -0.3 is 0 Å². The van der Waals surface area contributed by atoms with Crippen LogP contribution in [-0.4, -0.2) is 9.30 Å². The largest absolute Gasteiger partial charge is 0.123 e. The maximum Gasteiger partial charge on any atom is 0.0371 e. The van der Waals surface area contributed by atoms with Gasteiger partial charge in [-0.25, -0.2) is 0 Å². The lowest BCUT2D eigenvalue weighted by atomic mass is 9.90. The second kappa shape index (κ2) is 3.42. The molecular weight excluding hydrogens is 246 g/mol. The molecular formula is C7H12ClI. The molecule has 54 valence electrons. The predicted octanol–water partition coefficient (Wildman–Crippen LogP) is 3.22. The first-order valence-electron chi connectivity index (χ1n) is 3.48. The molecule has 1 aliphatic carbocycles. The van der Waals surface area contributed by atoms with Crippen LogP contribution in [0.5, 0.6) is 0 Å². The van der Waals surface area contributed by atoms with Gasteiger partial charge in [-0.1, -0.05) is 29.5 Å². The zero-order valence-corrected chi connectivity index (χ0v) is 8.52. The fraction of sp³-hybridized carbons (Fsp3) is 1.00. The normalized spacial score (nSPS) is 45.0. The van der Waals surface area contributed by atoms with Crippen molar-refractivity contribution >= 4 is 34.2 Å². The topological polar surface area (TPSA) is 0 Å². The first-order valence-corrected chi connectivity index (χ1v) is 5.16. The van der Waals surface area contributed by atoms with Crippen LogP contribution in [0.15, 0.2) is 0 Å². The molecule has 0 nitrogen and oxygen atoms in total. The highest BCUT2D eigenvalue weighted by Gasteiger charge is 2.23. The third kappa shape index (κ3) is 2.26. The average Bonchev–Trinajstić information content (AvgIpc) is 1.80. The summed E-state index contributed by atoms with van der Waals surface area (Å²) in [5.41, 5.74) is 0. The van der Waals surface area contributed by atoms with E-state index in [1.807, 2.05) is 0 Å². The maximum absolute atomic E-state index is 6.06. The summed E-state index contributed by atoms with van der Waals surface area (Å²) in [6, 6.07) is 0. The van der Waals surface area contributed by atoms with Crippen molar-refractivity contribution in [3.05, 3.63) is 0 Å². The van der Waals surface area contributed by atoms with E-state index in [1.54, 1.807) is 0 Å². The third-order valence-corrected chi connectivity index (χ3v) is 3.77. The molecule has 0 aromatic rings. The van der Waals surface area contributed by atoms with Crippen LogP contribution in [0.4, 0.5) is 0 Å². The van der Waals surface area contributed by atoms with Crippen molar-refractivity contribution in [2.24, 2.45) is 5.92 Å². The summed E-state index contributed by atoms with van der Waals surface area (Å²) < 4.78 is 0.835. The van der Waals surface area contributed by atoms with E-state index in [2.05, 4.69) is 29.5 Å². The molecule has 0 saturated heterocycles. The Kier molecular flexibility index (Phi) is 3.09. The molecule has 1 aliphatic rings. The van der Waals surface area contributed by atoms with E-state index in [9.17, 15) is 0 Å². The molecule has 2 heteroatoms. The summed E-state index contributed by atoms with van der Waals surface area (Å²) in [7, 11) is 0. The first kappa shape index (κ1) is 8.12. The highest BCUT2D eigenvalue weighted by molar-refractivity contribution is 14.1. The highest BCUT2D eigenvalue weighted by Crippen LogP contribution is 2.32. The van der Waals surface area contributed by atoms with Gasteiger partial charge >= 0.3 is 0 Å². The Morgan fingerprint density at radius 2 is 2.11 bits per heavy atom. The second-order valence-corrected chi connectivity index (χ2v) is 5.23. The summed E-state index contributed by atoms with van der Waals surface area (Å²) >= 11 is 8.55. The Morgan fingerprint density at radius 1 is 1.44 bits per heavy atom. The van der Waals surface area contributed by atoms with Crippen molar-refractivity contribution in [3.63, 3.8) is 0 Å². The molecule has 3 unspecified atom stereocenters. The Labute approximate surface area is 75.5 Å². The van der Waals surface area contributed by atoms with E-state index in [0.717, 1.165) is 9.84 Å². The molecule has 3 atom stereocenters. The zero-order valence-electron chi connectivity index (χ0n) is 5.61. The number of hydrogen-bond acceptors (Lipinski definition) is 0. The minimum atomic E-state index is 0.445. The summed E-state index contributed by atoms with van der Waals surface area (Å²) in [6.45, 7) is 2.25. The summed E-state index contributed by atoms with van der Waals surface area (Å²) in [5.74, 6) is 0.748. The molecule has 9 heavy (non-hydrogen) atoms. The van der Waals surface area contributed by atoms with Crippen LogP contribution in [-0.2, 0) is 0 Å². The van der Waals surface area contributed by atoms with Gasteiger partial charge in [0.05, 0.1) is 0 Å². The van der Waals surface area contributed by atoms with Gasteiger partial charge in [-0.2, -0.15) is 0 Å². The lowest BCUT2D eigenvalue weighted by Crippen LogP contribution is -2.22. The molecule has 0 bridgehead atoms. The van der Waals surface area contributed by atoms with Gasteiger partial charge in [0, 0.05) is 9.30 Å². The molecule has 0 N–H and O–H groups in total. The fourth-order valence-corrected chi connectivity index (χ4v) is 2.77. The zero-order chi connectivity index (χ0) is 6.85. The Morgan fingerprint density at radius 3 is 2.56 bits per heavy atom. The average molecular weight is 259 g/mol. The van der Waals surface area contributed by atoms with Gasteiger partial charge in [0.15, 0.2) is 0 Å². The van der Waals surface area contributed by atoms with Crippen LogP contribution in [0.25, 0.3) is 0 Å². The van der Waals surface area contributed by atoms with Crippen molar-refractivity contribution in [2.75, 3.05) is 0 Å². The van der Waals surface area contributed by atoms with E-state index < -0.39 is 0 Å². The van der Waals surface area contributed by atoms with Crippen LogP contribution in [0.1, 0.15) is 26.2 Å². The predicted molar refractivity (Wildman–Crippen MR) is 50.5 cm³/mol. The van der Waals surface area contributed by atoms with Gasteiger partial charge in [-0.15, -0.1) is 11.6 Å². The molecule has 0 amide bonds. The summed E-state index contributed by atoms with van der Waals surface area (Å²) in [6.07, 6.45) is 3.90. The summed E-state index contributed by atoms with van der Waals surface area (Å²) in [4.78, 5) is 0. The van der Waals surface area contributed by atoms with Crippen LogP contribution >= 0.6 is 34.2 Å². The Balaban J connectivity index is 2.35. The fourth-order valence-electron chi connectivity index (χ4n) is 1.22. The molecule has 1 rings (SSSR count). The van der Waals surface area contributed by atoms with Gasteiger partial charge in [-0.05, 0) is 25.2 Å². The molecule has 0 heterocycles. The van der Waals surface area contributed by atoms with E-state index in [-0.39, 0.29) is 0 Å². The number of rotatable bonds is 0. The smallest absolute Gasteiger partial charge is 0.0371 e. The van der Waals surface area contributed by atoms with Gasteiger partial charge in [0.2, 0.25) is 0 Å². The molecule has 0 aliphatic heterocycles. The highest BCUT2D eigenvalue weighted by atomic mass is 127. The first-order chi connectivity index (χ1) is 4.20. The van der Waals surface area contributed by atoms with Crippen molar-refractivity contribution in [1.82, 2.24) is 0 Å². The van der Waals surface area contributed by atoms with Crippen LogP contribution in [0.2, 0.25) is 0 Å². The van der Waals surface area contributed by atoms with Crippen molar-refractivity contribution < 1.29 is 0 Å². The van der Waals surface area contributed by atoms with Gasteiger partial charge in [-0.3, -0.25) is 0 Å². The van der Waals surface area contributed by atoms with Crippen molar-refractivity contribution in [3.8, 4) is 0 Å². The Bertz CT molecular complexity index is 94.9. The third-order valence-electron chi connectivity index (χ3n) is 2.03. The molecule has 0 aromatic heterocycles. The van der Waals surface area contributed by atoms with Gasteiger partial charge in [0.1, 0.15) is 0 Å². The molecule has 0 spiro atoms. The molecule has 0 radical (unpaired) electrons. The standard InChI is InChI=1S/C7H12ClI/c1-5-2-3-6(9)4-7(5)8/h5-7H,2-4H2,1H3. The lowest BCUT2D eigenvalue weighted by molar-refractivity contribution is 0.408. The monoisotopic (exact) mass is 258 g/mol. The number of hydrogen-bond donors (Lipinski definition) is 0. The molecule has 1 saturated carbocycles. The minimum absolute atomic E-state index is 0.445. The van der Waals surface area contributed by atoms with E-state index in [0.29, 0.717) is 5.38 Å². The maximum atomic E-state index is 6.06. The van der Waals surface area contributed by atoms with Crippen LogP contribution in [0, 0.1) is 5.92 Å². The van der Waals surface area contributed by atoms with E-state index >= 15 is 0 Å². The number of alkyl halides is 2. The lowest BCUT2D eigenvalue weighted by Gasteiger charge is -2.26.